The van der Waals surface area contributed by atoms with Crippen molar-refractivity contribution in [3.63, 3.8) is 0 Å². The molecule has 0 aromatic heterocycles. The third-order valence-electron chi connectivity index (χ3n) is 2.80. The Kier molecular flexibility index (Phi) is 6.24. The molecule has 1 aromatic rings. The highest BCUT2D eigenvalue weighted by Crippen LogP contribution is 2.12. The molecule has 0 bridgehead atoms. The Morgan fingerprint density at radius 2 is 2.16 bits per heavy atom. The molecular weight excluding hydrogens is 272 g/mol. The van der Waals surface area contributed by atoms with Gasteiger partial charge in [-0.2, -0.15) is 11.8 Å². The van der Waals surface area contributed by atoms with Crippen molar-refractivity contribution in [2.24, 2.45) is 0 Å². The third-order valence-corrected chi connectivity index (χ3v) is 3.96. The molecule has 1 rings (SSSR count). The minimum absolute atomic E-state index is 0.0481. The maximum Gasteiger partial charge on any atom is 0.224 e. The summed E-state index contributed by atoms with van der Waals surface area (Å²) in [5, 5.41) is 11.7. The molecule has 0 unspecified atom stereocenters. The van der Waals surface area contributed by atoms with Crippen LogP contribution in [0.5, 0.6) is 0 Å². The molecule has 0 spiro atoms. The van der Waals surface area contributed by atoms with Gasteiger partial charge in [0.1, 0.15) is 11.6 Å². The average molecular weight is 289 g/mol. The first kappa shape index (κ1) is 15.9. The molecule has 106 valence electrons. The van der Waals surface area contributed by atoms with Gasteiger partial charge in [0.05, 0.1) is 13.0 Å². The van der Waals surface area contributed by atoms with Gasteiger partial charge in [-0.15, -0.1) is 0 Å². The zero-order chi connectivity index (χ0) is 14.4. The largest absolute Gasteiger partial charge is 0.395 e. The summed E-state index contributed by atoms with van der Waals surface area (Å²) < 4.78 is 26.1. The lowest BCUT2D eigenvalue weighted by Gasteiger charge is -2.21. The molecule has 0 aliphatic heterocycles. The number of halogens is 2. The second kappa shape index (κ2) is 7.45. The van der Waals surface area contributed by atoms with Crippen molar-refractivity contribution < 1.29 is 18.7 Å². The van der Waals surface area contributed by atoms with Gasteiger partial charge in [0.15, 0.2) is 0 Å². The Hall–Kier alpha value is -1.14. The van der Waals surface area contributed by atoms with Gasteiger partial charge in [0, 0.05) is 17.4 Å². The van der Waals surface area contributed by atoms with E-state index in [0.717, 1.165) is 12.1 Å². The lowest BCUT2D eigenvalue weighted by atomic mass is 10.1. The summed E-state index contributed by atoms with van der Waals surface area (Å²) in [7, 11) is 0. The first-order chi connectivity index (χ1) is 8.97. The van der Waals surface area contributed by atoms with E-state index in [4.69, 9.17) is 5.11 Å². The minimum atomic E-state index is -0.730. The van der Waals surface area contributed by atoms with Crippen LogP contribution in [0.15, 0.2) is 18.2 Å². The lowest BCUT2D eigenvalue weighted by Crippen LogP contribution is -2.42. The van der Waals surface area contributed by atoms with Crippen molar-refractivity contribution in [1.82, 2.24) is 5.32 Å². The van der Waals surface area contributed by atoms with Gasteiger partial charge in [-0.1, -0.05) is 6.07 Å². The fourth-order valence-corrected chi connectivity index (χ4v) is 2.30. The van der Waals surface area contributed by atoms with Gasteiger partial charge in [-0.05, 0) is 24.8 Å². The van der Waals surface area contributed by atoms with Crippen molar-refractivity contribution in [3.8, 4) is 0 Å². The van der Waals surface area contributed by atoms with Crippen LogP contribution in [0.4, 0.5) is 8.78 Å². The smallest absolute Gasteiger partial charge is 0.224 e. The molecule has 0 radical (unpaired) electrons. The van der Waals surface area contributed by atoms with Crippen LogP contribution in [0.1, 0.15) is 12.5 Å². The predicted octanol–water partition coefficient (Wildman–Crippen LogP) is 1.74. The summed E-state index contributed by atoms with van der Waals surface area (Å²) in [4.78, 5) is 11.7. The van der Waals surface area contributed by atoms with E-state index in [1.165, 1.54) is 17.8 Å². The molecule has 6 heteroatoms. The number of hydrogen-bond donors (Lipinski definition) is 2. The third kappa shape index (κ3) is 4.80. The summed E-state index contributed by atoms with van der Waals surface area (Å²) in [5.74, 6) is -1.75. The van der Waals surface area contributed by atoms with Crippen LogP contribution in [0, 0.1) is 11.6 Å². The van der Waals surface area contributed by atoms with Gasteiger partial charge in [-0.25, -0.2) is 8.78 Å². The molecule has 3 nitrogen and oxygen atoms in total. The van der Waals surface area contributed by atoms with Crippen LogP contribution in [0.2, 0.25) is 0 Å². The zero-order valence-electron chi connectivity index (χ0n) is 10.8. The van der Waals surface area contributed by atoms with Crippen molar-refractivity contribution >= 4 is 17.7 Å². The van der Waals surface area contributed by atoms with Gasteiger partial charge < -0.3 is 10.4 Å². The molecule has 19 heavy (non-hydrogen) atoms. The molecular formula is C13H17F2NO2S. The Bertz CT molecular complexity index is 439. The number of nitrogens with one attached hydrogen (secondary N) is 1. The van der Waals surface area contributed by atoms with Crippen LogP contribution < -0.4 is 5.32 Å². The van der Waals surface area contributed by atoms with Crippen LogP contribution >= 0.6 is 11.8 Å². The molecule has 0 heterocycles. The standard InChI is InChI=1S/C13H17F2NO2S/c1-8(12(7-17)19-2)16-13(18)5-9-3-4-10(14)6-11(9)15/h3-4,6,8,12,17H,5,7H2,1-2H3,(H,16,18)/t8-,12+/m1/s1. The van der Waals surface area contributed by atoms with E-state index in [9.17, 15) is 13.6 Å². The van der Waals surface area contributed by atoms with E-state index in [1.807, 2.05) is 6.26 Å². The predicted molar refractivity (Wildman–Crippen MR) is 72.1 cm³/mol. The molecule has 2 atom stereocenters. The minimum Gasteiger partial charge on any atom is -0.395 e. The van der Waals surface area contributed by atoms with Crippen LogP contribution in [-0.2, 0) is 11.2 Å². The van der Waals surface area contributed by atoms with Crippen LogP contribution in [0.25, 0.3) is 0 Å². The highest BCUT2D eigenvalue weighted by molar-refractivity contribution is 7.99. The number of rotatable bonds is 6. The molecule has 0 aliphatic rings. The Balaban J connectivity index is 2.60. The van der Waals surface area contributed by atoms with Gasteiger partial charge >= 0.3 is 0 Å². The molecule has 0 fully saturated rings. The lowest BCUT2D eigenvalue weighted by molar-refractivity contribution is -0.121. The van der Waals surface area contributed by atoms with E-state index in [0.29, 0.717) is 0 Å². The topological polar surface area (TPSA) is 49.3 Å². The SMILES string of the molecule is CS[C@@H](CO)[C@@H](C)NC(=O)Cc1ccc(F)cc1F. The molecule has 0 saturated carbocycles. The molecule has 1 aromatic carbocycles. The number of carbonyl (C=O) groups excluding carboxylic acids is 1. The summed E-state index contributed by atoms with van der Waals surface area (Å²) in [5.41, 5.74) is 0.149. The van der Waals surface area contributed by atoms with Crippen LogP contribution in [0.3, 0.4) is 0 Å². The number of amides is 1. The summed E-state index contributed by atoms with van der Waals surface area (Å²) in [6.07, 6.45) is 1.69. The number of thioether (sulfide) groups is 1. The Morgan fingerprint density at radius 3 is 2.68 bits per heavy atom. The number of carbonyl (C=O) groups is 1. The Labute approximate surface area is 115 Å². The monoisotopic (exact) mass is 289 g/mol. The number of aliphatic hydroxyl groups is 1. The second-order valence-corrected chi connectivity index (χ2v) is 5.30. The highest BCUT2D eigenvalue weighted by atomic mass is 32.2. The van der Waals surface area contributed by atoms with Crippen molar-refractivity contribution in [1.29, 1.82) is 0 Å². The average Bonchev–Trinajstić information content (AvgIpc) is 2.34. The maximum absolute atomic E-state index is 13.4. The quantitative estimate of drug-likeness (QED) is 0.838. The molecule has 0 aliphatic carbocycles. The first-order valence-electron chi connectivity index (χ1n) is 5.85. The number of aliphatic hydroxyl groups excluding tert-OH is 1. The number of hydrogen-bond acceptors (Lipinski definition) is 3. The molecule has 1 amide bonds. The van der Waals surface area contributed by atoms with Crippen LogP contribution in [-0.4, -0.2) is 35.2 Å². The van der Waals surface area contributed by atoms with E-state index in [1.54, 1.807) is 6.92 Å². The van der Waals surface area contributed by atoms with Gasteiger partial charge in [0.2, 0.25) is 5.91 Å². The normalized spacial score (nSPS) is 13.9. The molecule has 0 saturated heterocycles. The van der Waals surface area contributed by atoms with Crippen molar-refractivity contribution in [2.75, 3.05) is 12.9 Å². The zero-order valence-corrected chi connectivity index (χ0v) is 11.6. The number of benzene rings is 1. The fraction of sp³-hybridized carbons (Fsp3) is 0.462. The fourth-order valence-electron chi connectivity index (χ4n) is 1.67. The summed E-state index contributed by atoms with van der Waals surface area (Å²) >= 11 is 1.44. The maximum atomic E-state index is 13.4. The van der Waals surface area contributed by atoms with E-state index >= 15 is 0 Å². The van der Waals surface area contributed by atoms with E-state index in [-0.39, 0.29) is 35.8 Å². The molecule has 2 N–H and O–H groups in total. The van der Waals surface area contributed by atoms with Gasteiger partial charge in [-0.3, -0.25) is 4.79 Å². The Morgan fingerprint density at radius 1 is 1.47 bits per heavy atom. The van der Waals surface area contributed by atoms with E-state index < -0.39 is 11.6 Å². The summed E-state index contributed by atoms with van der Waals surface area (Å²) in [6, 6.07) is 2.90. The second-order valence-electron chi connectivity index (χ2n) is 4.23. The van der Waals surface area contributed by atoms with Crippen molar-refractivity contribution in [3.05, 3.63) is 35.4 Å². The highest BCUT2D eigenvalue weighted by Gasteiger charge is 2.18. The van der Waals surface area contributed by atoms with Gasteiger partial charge in [0.25, 0.3) is 0 Å². The first-order valence-corrected chi connectivity index (χ1v) is 7.13. The van der Waals surface area contributed by atoms with E-state index in [2.05, 4.69) is 5.32 Å². The van der Waals surface area contributed by atoms with Crippen molar-refractivity contribution in [2.45, 2.75) is 24.6 Å². The summed E-state index contributed by atoms with van der Waals surface area (Å²) in [6.45, 7) is 1.73.